The van der Waals surface area contributed by atoms with Crippen LogP contribution in [0.25, 0.3) is 0 Å². The van der Waals surface area contributed by atoms with Gasteiger partial charge in [-0.25, -0.2) is 0 Å². The van der Waals surface area contributed by atoms with E-state index in [1.807, 2.05) is 13.8 Å². The molecule has 0 aliphatic carbocycles. The quantitative estimate of drug-likeness (QED) is 0.566. The monoisotopic (exact) mass is 216 g/mol. The summed E-state index contributed by atoms with van der Waals surface area (Å²) >= 11 is 5.89. The minimum atomic E-state index is -0.230. The molecule has 0 radical (unpaired) electrons. The number of hydrogen-bond acceptors (Lipinski definition) is 2. The molecule has 0 spiro atoms. The smallest absolute Gasteiger partial charge is 0.119 e. The molecule has 0 amide bonds. The van der Waals surface area contributed by atoms with Crippen LogP contribution in [0, 0.1) is 0 Å². The van der Waals surface area contributed by atoms with Crippen LogP contribution in [-0.2, 0) is 4.74 Å². The Morgan fingerprint density at radius 2 is 2.21 bits per heavy atom. The fourth-order valence-corrected chi connectivity index (χ4v) is 0.811. The Morgan fingerprint density at radius 1 is 1.64 bits per heavy atom. The molecule has 2 nitrogen and oxygen atoms in total. The fraction of sp³-hybridized carbons (Fsp3) is 0.455. The van der Waals surface area contributed by atoms with E-state index in [0.29, 0.717) is 10.8 Å². The zero-order valence-electron chi connectivity index (χ0n) is 8.88. The summed E-state index contributed by atoms with van der Waals surface area (Å²) in [4.78, 5) is 0. The summed E-state index contributed by atoms with van der Waals surface area (Å²) in [6.07, 6.45) is 3.25. The van der Waals surface area contributed by atoms with Crippen molar-refractivity contribution in [3.05, 3.63) is 35.1 Å². The molecular weight excluding hydrogens is 200 g/mol. The van der Waals surface area contributed by atoms with Crippen molar-refractivity contribution in [2.45, 2.75) is 26.9 Å². The number of aliphatic hydroxyl groups excluding tert-OH is 1. The summed E-state index contributed by atoms with van der Waals surface area (Å²) in [6.45, 7) is 9.14. The van der Waals surface area contributed by atoms with Gasteiger partial charge in [-0.05, 0) is 38.5 Å². The third-order valence-electron chi connectivity index (χ3n) is 1.56. The number of halogens is 1. The van der Waals surface area contributed by atoms with Gasteiger partial charge >= 0.3 is 0 Å². The maximum Gasteiger partial charge on any atom is 0.119 e. The average Bonchev–Trinajstić information content (AvgIpc) is 2.16. The van der Waals surface area contributed by atoms with Crippen LogP contribution in [0.1, 0.15) is 20.8 Å². The standard InChI is InChI=1S/C11H17ClO2/c1-5-10(14-9(4)7-13)6-11(12)8(2)3/h5-6,9,13H,2,7H2,1,3-4H3/b10-5+,11-6+. The van der Waals surface area contributed by atoms with E-state index >= 15 is 0 Å². The Morgan fingerprint density at radius 3 is 2.57 bits per heavy atom. The van der Waals surface area contributed by atoms with Gasteiger partial charge < -0.3 is 9.84 Å². The SMILES string of the molecule is C=C(C)/C(Cl)=C\C(=C/C)OC(C)CO. The van der Waals surface area contributed by atoms with Crippen LogP contribution in [0.3, 0.4) is 0 Å². The lowest BCUT2D eigenvalue weighted by molar-refractivity contribution is 0.0782. The molecule has 80 valence electrons. The molecule has 1 unspecified atom stereocenters. The highest BCUT2D eigenvalue weighted by atomic mass is 35.5. The van der Waals surface area contributed by atoms with Crippen molar-refractivity contribution in [1.82, 2.24) is 0 Å². The van der Waals surface area contributed by atoms with Gasteiger partial charge in [-0.3, -0.25) is 0 Å². The fourth-order valence-electron chi connectivity index (χ4n) is 0.703. The van der Waals surface area contributed by atoms with Gasteiger partial charge in [-0.15, -0.1) is 0 Å². The second-order valence-electron chi connectivity index (χ2n) is 3.07. The molecule has 0 aromatic heterocycles. The van der Waals surface area contributed by atoms with Gasteiger partial charge in [-0.2, -0.15) is 0 Å². The van der Waals surface area contributed by atoms with E-state index in [1.165, 1.54) is 0 Å². The summed E-state index contributed by atoms with van der Waals surface area (Å²) in [5, 5.41) is 9.36. The van der Waals surface area contributed by atoms with Crippen molar-refractivity contribution in [1.29, 1.82) is 0 Å². The van der Waals surface area contributed by atoms with Gasteiger partial charge in [0.2, 0.25) is 0 Å². The molecule has 0 heterocycles. The van der Waals surface area contributed by atoms with Crippen molar-refractivity contribution >= 4 is 11.6 Å². The second kappa shape index (κ2) is 6.68. The Kier molecular flexibility index (Phi) is 6.34. The first-order valence-electron chi connectivity index (χ1n) is 4.48. The topological polar surface area (TPSA) is 29.5 Å². The highest BCUT2D eigenvalue weighted by Gasteiger charge is 2.03. The zero-order valence-corrected chi connectivity index (χ0v) is 9.64. The van der Waals surface area contributed by atoms with Crippen LogP contribution in [0.15, 0.2) is 35.1 Å². The van der Waals surface area contributed by atoms with Crippen LogP contribution in [-0.4, -0.2) is 17.8 Å². The van der Waals surface area contributed by atoms with E-state index in [9.17, 15) is 0 Å². The molecule has 0 aliphatic heterocycles. The molecule has 1 N–H and O–H groups in total. The first kappa shape index (κ1) is 13.3. The molecule has 1 atom stereocenters. The highest BCUT2D eigenvalue weighted by molar-refractivity contribution is 6.32. The van der Waals surface area contributed by atoms with Crippen LogP contribution < -0.4 is 0 Å². The minimum Gasteiger partial charge on any atom is -0.489 e. The maximum atomic E-state index is 8.80. The number of hydrogen-bond donors (Lipinski definition) is 1. The predicted molar refractivity (Wildman–Crippen MR) is 60.1 cm³/mol. The van der Waals surface area contributed by atoms with Crippen LogP contribution in [0.2, 0.25) is 0 Å². The largest absolute Gasteiger partial charge is 0.489 e. The van der Waals surface area contributed by atoms with E-state index in [0.717, 1.165) is 5.57 Å². The molecular formula is C11H17ClO2. The zero-order chi connectivity index (χ0) is 11.1. The van der Waals surface area contributed by atoms with E-state index in [2.05, 4.69) is 6.58 Å². The van der Waals surface area contributed by atoms with Crippen molar-refractivity contribution in [3.63, 3.8) is 0 Å². The van der Waals surface area contributed by atoms with Crippen molar-refractivity contribution in [2.75, 3.05) is 6.61 Å². The van der Waals surface area contributed by atoms with E-state index < -0.39 is 0 Å². The maximum absolute atomic E-state index is 8.80. The van der Waals surface area contributed by atoms with Crippen molar-refractivity contribution < 1.29 is 9.84 Å². The first-order chi connectivity index (χ1) is 6.51. The van der Waals surface area contributed by atoms with Gasteiger partial charge in [0.05, 0.1) is 6.61 Å². The lowest BCUT2D eigenvalue weighted by atomic mass is 10.3. The summed E-state index contributed by atoms with van der Waals surface area (Å²) in [6, 6.07) is 0. The van der Waals surface area contributed by atoms with Crippen LogP contribution in [0.5, 0.6) is 0 Å². The molecule has 0 aromatic rings. The number of rotatable bonds is 5. The summed E-state index contributed by atoms with van der Waals surface area (Å²) < 4.78 is 5.38. The molecule has 0 rings (SSSR count). The molecule has 0 fully saturated rings. The van der Waals surface area contributed by atoms with Gasteiger partial charge in [0.25, 0.3) is 0 Å². The number of ether oxygens (including phenoxy) is 1. The molecule has 0 saturated carbocycles. The van der Waals surface area contributed by atoms with Crippen LogP contribution in [0.4, 0.5) is 0 Å². The molecule has 0 saturated heterocycles. The minimum absolute atomic E-state index is 0.0180. The lowest BCUT2D eigenvalue weighted by Crippen LogP contribution is -2.11. The molecule has 3 heteroatoms. The van der Waals surface area contributed by atoms with Gasteiger partial charge in [0.15, 0.2) is 0 Å². The second-order valence-corrected chi connectivity index (χ2v) is 3.48. The number of allylic oxidation sites excluding steroid dienone is 4. The predicted octanol–water partition coefficient (Wildman–Crippen LogP) is 2.99. The van der Waals surface area contributed by atoms with Crippen LogP contribution >= 0.6 is 11.6 Å². The van der Waals surface area contributed by atoms with E-state index in [1.54, 1.807) is 19.1 Å². The van der Waals surface area contributed by atoms with E-state index in [4.69, 9.17) is 21.4 Å². The van der Waals surface area contributed by atoms with Gasteiger partial charge in [0, 0.05) is 5.03 Å². The summed E-state index contributed by atoms with van der Waals surface area (Å²) in [7, 11) is 0. The van der Waals surface area contributed by atoms with Crippen molar-refractivity contribution in [3.8, 4) is 0 Å². The third-order valence-corrected chi connectivity index (χ3v) is 1.99. The summed E-state index contributed by atoms with van der Waals surface area (Å²) in [5.74, 6) is 0.638. The normalized spacial score (nSPS) is 15.2. The Labute approximate surface area is 90.5 Å². The Bertz CT molecular complexity index is 254. The molecule has 0 bridgehead atoms. The molecule has 0 aromatic carbocycles. The van der Waals surface area contributed by atoms with Crippen molar-refractivity contribution in [2.24, 2.45) is 0 Å². The third kappa shape index (κ3) is 5.10. The first-order valence-corrected chi connectivity index (χ1v) is 4.86. The molecule has 0 aliphatic rings. The number of aliphatic hydroxyl groups is 1. The lowest BCUT2D eigenvalue weighted by Gasteiger charge is -2.12. The average molecular weight is 217 g/mol. The summed E-state index contributed by atoms with van der Waals surface area (Å²) in [5.41, 5.74) is 0.784. The van der Waals surface area contributed by atoms with Gasteiger partial charge in [0.1, 0.15) is 11.9 Å². The van der Waals surface area contributed by atoms with E-state index in [-0.39, 0.29) is 12.7 Å². The highest BCUT2D eigenvalue weighted by Crippen LogP contribution is 2.16. The Balaban J connectivity index is 4.46. The molecule has 14 heavy (non-hydrogen) atoms. The Hall–Kier alpha value is -0.730. The van der Waals surface area contributed by atoms with Gasteiger partial charge in [-0.1, -0.05) is 18.2 Å².